The molecule has 0 atom stereocenters. The Kier molecular flexibility index (Phi) is 4.95. The first-order valence-electron chi connectivity index (χ1n) is 7.92. The number of hydrogen-bond donors (Lipinski definition) is 1. The molecule has 1 N–H and O–H groups in total. The number of rotatable bonds is 4. The lowest BCUT2D eigenvalue weighted by molar-refractivity contribution is -0.134. The fraction of sp³-hybridized carbons (Fsp3) is 0.100. The van der Waals surface area contributed by atoms with E-state index in [4.69, 9.17) is 9.47 Å². The molecule has 0 heterocycles. The van der Waals surface area contributed by atoms with Crippen molar-refractivity contribution in [1.82, 2.24) is 0 Å². The molecule has 0 saturated heterocycles. The van der Waals surface area contributed by atoms with E-state index >= 15 is 0 Å². The summed E-state index contributed by atoms with van der Waals surface area (Å²) in [6.45, 7) is 1.72. The first-order chi connectivity index (χ1) is 12.1. The van der Waals surface area contributed by atoms with E-state index in [0.29, 0.717) is 23.6 Å². The van der Waals surface area contributed by atoms with Gasteiger partial charge in [0.15, 0.2) is 0 Å². The summed E-state index contributed by atoms with van der Waals surface area (Å²) in [5.74, 6) is 0.585. The van der Waals surface area contributed by atoms with E-state index < -0.39 is 6.09 Å². The number of esters is 1. The van der Waals surface area contributed by atoms with Gasteiger partial charge < -0.3 is 9.47 Å². The van der Waals surface area contributed by atoms with Crippen LogP contribution in [0.3, 0.4) is 0 Å². The Morgan fingerprint density at radius 1 is 0.840 bits per heavy atom. The maximum absolute atomic E-state index is 12.0. The Labute approximate surface area is 145 Å². The van der Waals surface area contributed by atoms with Gasteiger partial charge in [-0.2, -0.15) is 0 Å². The standard InChI is InChI=1S/C20H17NO4/c1-2-19(22)24-17-11-8-16(9-12-17)21-20(23)25-18-10-7-14-5-3-4-6-15(14)13-18/h3-13H,2H2,1H3,(H,21,23). The maximum atomic E-state index is 12.0. The molecule has 0 aliphatic heterocycles. The lowest BCUT2D eigenvalue weighted by Gasteiger charge is -2.08. The smallest absolute Gasteiger partial charge is 0.417 e. The van der Waals surface area contributed by atoms with Crippen molar-refractivity contribution in [2.24, 2.45) is 0 Å². The van der Waals surface area contributed by atoms with Crippen molar-refractivity contribution in [3.8, 4) is 11.5 Å². The number of ether oxygens (including phenoxy) is 2. The number of amides is 1. The van der Waals surface area contributed by atoms with Crippen molar-refractivity contribution in [1.29, 1.82) is 0 Å². The van der Waals surface area contributed by atoms with Crippen LogP contribution >= 0.6 is 0 Å². The number of anilines is 1. The second-order valence-electron chi connectivity index (χ2n) is 5.38. The molecular weight excluding hydrogens is 318 g/mol. The van der Waals surface area contributed by atoms with Gasteiger partial charge in [0, 0.05) is 12.1 Å². The molecule has 0 saturated carbocycles. The summed E-state index contributed by atoms with van der Waals surface area (Å²) in [6.07, 6.45) is -0.286. The van der Waals surface area contributed by atoms with Crippen LogP contribution in [0.15, 0.2) is 66.7 Å². The lowest BCUT2D eigenvalue weighted by atomic mass is 10.1. The van der Waals surface area contributed by atoms with Crippen molar-refractivity contribution >= 4 is 28.5 Å². The minimum Gasteiger partial charge on any atom is -0.427 e. The summed E-state index contributed by atoms with van der Waals surface area (Å²) < 4.78 is 10.4. The number of carbonyl (C=O) groups excluding carboxylic acids is 2. The summed E-state index contributed by atoms with van der Waals surface area (Å²) in [5, 5.41) is 4.70. The van der Waals surface area contributed by atoms with Crippen molar-refractivity contribution in [3.05, 3.63) is 66.7 Å². The van der Waals surface area contributed by atoms with Crippen molar-refractivity contribution in [3.63, 3.8) is 0 Å². The van der Waals surface area contributed by atoms with Gasteiger partial charge in [-0.05, 0) is 47.2 Å². The molecule has 0 fully saturated rings. The Bertz CT molecular complexity index is 903. The van der Waals surface area contributed by atoms with Gasteiger partial charge in [-0.3, -0.25) is 10.1 Å². The van der Waals surface area contributed by atoms with Gasteiger partial charge >= 0.3 is 12.1 Å². The molecule has 0 aromatic heterocycles. The van der Waals surface area contributed by atoms with Gasteiger partial charge in [0.2, 0.25) is 0 Å². The number of fused-ring (bicyclic) bond motifs is 1. The van der Waals surface area contributed by atoms with Crippen molar-refractivity contribution in [2.75, 3.05) is 5.32 Å². The molecule has 1 amide bonds. The minimum absolute atomic E-state index is 0.304. The molecule has 25 heavy (non-hydrogen) atoms. The molecule has 0 unspecified atom stereocenters. The zero-order chi connectivity index (χ0) is 17.6. The highest BCUT2D eigenvalue weighted by Gasteiger charge is 2.07. The summed E-state index contributed by atoms with van der Waals surface area (Å²) in [5.41, 5.74) is 0.544. The van der Waals surface area contributed by atoms with Gasteiger partial charge in [-0.25, -0.2) is 4.79 Å². The maximum Gasteiger partial charge on any atom is 0.417 e. The molecule has 0 aliphatic carbocycles. The Hall–Kier alpha value is -3.34. The summed E-state index contributed by atoms with van der Waals surface area (Å²) in [6, 6.07) is 19.8. The fourth-order valence-electron chi connectivity index (χ4n) is 2.29. The van der Waals surface area contributed by atoms with Gasteiger partial charge in [0.05, 0.1) is 0 Å². The van der Waals surface area contributed by atoms with Crippen LogP contribution in [-0.2, 0) is 4.79 Å². The van der Waals surface area contributed by atoms with Crippen LogP contribution in [0.2, 0.25) is 0 Å². The number of nitrogens with one attached hydrogen (secondary N) is 1. The second-order valence-corrected chi connectivity index (χ2v) is 5.38. The largest absolute Gasteiger partial charge is 0.427 e. The lowest BCUT2D eigenvalue weighted by Crippen LogP contribution is -2.16. The third kappa shape index (κ3) is 4.35. The summed E-state index contributed by atoms with van der Waals surface area (Å²) in [4.78, 5) is 23.2. The van der Waals surface area contributed by atoms with Crippen molar-refractivity contribution < 1.29 is 19.1 Å². The highest BCUT2D eigenvalue weighted by atomic mass is 16.6. The second kappa shape index (κ2) is 7.49. The van der Waals surface area contributed by atoms with E-state index in [1.165, 1.54) is 0 Å². The van der Waals surface area contributed by atoms with Crippen LogP contribution in [0.5, 0.6) is 11.5 Å². The average Bonchev–Trinajstić information content (AvgIpc) is 2.63. The molecule has 3 rings (SSSR count). The topological polar surface area (TPSA) is 64.6 Å². The molecule has 126 valence electrons. The monoisotopic (exact) mass is 335 g/mol. The number of carbonyl (C=O) groups is 2. The van der Waals surface area contributed by atoms with E-state index in [0.717, 1.165) is 10.8 Å². The van der Waals surface area contributed by atoms with E-state index in [1.54, 1.807) is 37.3 Å². The number of hydrogen-bond acceptors (Lipinski definition) is 4. The van der Waals surface area contributed by atoms with Gasteiger partial charge in [0.25, 0.3) is 0 Å². The minimum atomic E-state index is -0.589. The fourth-order valence-corrected chi connectivity index (χ4v) is 2.29. The predicted octanol–water partition coefficient (Wildman–Crippen LogP) is 4.77. The van der Waals surface area contributed by atoms with Gasteiger partial charge in [-0.1, -0.05) is 37.3 Å². The summed E-state index contributed by atoms with van der Waals surface area (Å²) in [7, 11) is 0. The molecule has 5 nitrogen and oxygen atoms in total. The normalized spacial score (nSPS) is 10.3. The van der Waals surface area contributed by atoms with Crippen LogP contribution < -0.4 is 14.8 Å². The first-order valence-corrected chi connectivity index (χ1v) is 7.92. The molecule has 3 aromatic rings. The van der Waals surface area contributed by atoms with Crippen LogP contribution in [-0.4, -0.2) is 12.1 Å². The van der Waals surface area contributed by atoms with Crippen LogP contribution in [0, 0.1) is 0 Å². The van der Waals surface area contributed by atoms with E-state index in [9.17, 15) is 9.59 Å². The quantitative estimate of drug-likeness (QED) is 0.551. The highest BCUT2D eigenvalue weighted by Crippen LogP contribution is 2.21. The molecule has 0 bridgehead atoms. The van der Waals surface area contributed by atoms with E-state index in [1.807, 2.05) is 36.4 Å². The molecule has 3 aromatic carbocycles. The Morgan fingerprint density at radius 2 is 1.52 bits per heavy atom. The van der Waals surface area contributed by atoms with Crippen LogP contribution in [0.25, 0.3) is 10.8 Å². The molecule has 0 radical (unpaired) electrons. The zero-order valence-electron chi connectivity index (χ0n) is 13.7. The van der Waals surface area contributed by atoms with Gasteiger partial charge in [-0.15, -0.1) is 0 Å². The third-order valence-electron chi connectivity index (χ3n) is 3.55. The Morgan fingerprint density at radius 3 is 2.24 bits per heavy atom. The average molecular weight is 335 g/mol. The zero-order valence-corrected chi connectivity index (χ0v) is 13.7. The van der Waals surface area contributed by atoms with E-state index in [2.05, 4.69) is 5.32 Å². The Balaban J connectivity index is 1.62. The highest BCUT2D eigenvalue weighted by molar-refractivity contribution is 5.88. The van der Waals surface area contributed by atoms with Gasteiger partial charge in [0.1, 0.15) is 11.5 Å². The third-order valence-corrected chi connectivity index (χ3v) is 3.55. The molecule has 0 spiro atoms. The van der Waals surface area contributed by atoms with Crippen molar-refractivity contribution in [2.45, 2.75) is 13.3 Å². The predicted molar refractivity (Wildman–Crippen MR) is 96.0 cm³/mol. The molecule has 0 aliphatic rings. The van der Waals surface area contributed by atoms with Crippen LogP contribution in [0.1, 0.15) is 13.3 Å². The number of benzene rings is 3. The SMILES string of the molecule is CCC(=O)Oc1ccc(NC(=O)Oc2ccc3ccccc3c2)cc1. The first kappa shape index (κ1) is 16.5. The van der Waals surface area contributed by atoms with E-state index in [-0.39, 0.29) is 5.97 Å². The summed E-state index contributed by atoms with van der Waals surface area (Å²) >= 11 is 0. The molecular formula is C20H17NO4. The van der Waals surface area contributed by atoms with Crippen LogP contribution in [0.4, 0.5) is 10.5 Å². The molecule has 5 heteroatoms.